The van der Waals surface area contributed by atoms with Crippen LogP contribution in [0.1, 0.15) is 25.7 Å². The fourth-order valence-electron chi connectivity index (χ4n) is 3.32. The topological polar surface area (TPSA) is 80.0 Å². The molecule has 7 heteroatoms. The minimum absolute atomic E-state index is 0.138. The van der Waals surface area contributed by atoms with Crippen LogP contribution in [0, 0.1) is 0 Å². The van der Waals surface area contributed by atoms with Crippen molar-refractivity contribution in [3.63, 3.8) is 0 Å². The number of anilines is 1. The molecule has 0 radical (unpaired) electrons. The molecule has 7 nitrogen and oxygen atoms in total. The molecule has 1 aliphatic carbocycles. The van der Waals surface area contributed by atoms with Crippen LogP contribution >= 0.6 is 0 Å². The molecule has 0 spiro atoms. The number of phenols is 1. The van der Waals surface area contributed by atoms with Gasteiger partial charge in [-0.25, -0.2) is 9.97 Å². The number of imidazole rings is 1. The Hall–Kier alpha value is -2.96. The van der Waals surface area contributed by atoms with E-state index in [1.807, 2.05) is 29.9 Å². The molecular formula is C18H20N6O. The average molecular weight is 336 g/mol. The van der Waals surface area contributed by atoms with E-state index in [0.717, 1.165) is 5.69 Å². The fourth-order valence-corrected chi connectivity index (χ4v) is 3.32. The molecule has 1 saturated carbocycles. The first-order valence-electron chi connectivity index (χ1n) is 8.46. The van der Waals surface area contributed by atoms with Crippen LogP contribution in [0.2, 0.25) is 0 Å². The molecule has 4 rings (SSSR count). The van der Waals surface area contributed by atoms with E-state index in [-0.39, 0.29) is 5.75 Å². The van der Waals surface area contributed by atoms with Crippen LogP contribution in [0.5, 0.6) is 5.75 Å². The summed E-state index contributed by atoms with van der Waals surface area (Å²) in [6.45, 7) is 0. The molecule has 25 heavy (non-hydrogen) atoms. The molecule has 0 saturated heterocycles. The second-order valence-corrected chi connectivity index (χ2v) is 6.36. The lowest BCUT2D eigenvalue weighted by atomic mass is 10.1. The highest BCUT2D eigenvalue weighted by Gasteiger charge is 2.22. The van der Waals surface area contributed by atoms with Crippen molar-refractivity contribution in [2.45, 2.75) is 31.7 Å². The highest BCUT2D eigenvalue weighted by molar-refractivity contribution is 5.68. The second kappa shape index (κ2) is 6.51. The Morgan fingerprint density at radius 1 is 1.20 bits per heavy atom. The second-order valence-electron chi connectivity index (χ2n) is 6.36. The molecule has 3 aromatic rings. The Labute approximate surface area is 146 Å². The van der Waals surface area contributed by atoms with Gasteiger partial charge in [0.05, 0.1) is 18.2 Å². The summed E-state index contributed by atoms with van der Waals surface area (Å²) in [4.78, 5) is 10.6. The Kier molecular flexibility index (Phi) is 4.05. The third-order valence-corrected chi connectivity index (χ3v) is 4.80. The maximum absolute atomic E-state index is 10.4. The largest absolute Gasteiger partial charge is 0.507 e. The normalized spacial score (nSPS) is 14.8. The van der Waals surface area contributed by atoms with Crippen molar-refractivity contribution in [3.8, 4) is 22.7 Å². The number of aromatic hydroxyl groups is 1. The molecule has 1 fully saturated rings. The number of aromatic nitrogens is 5. The SMILES string of the molecule is CN(c1ncc(-c2ccc(-n3ccnc3)cc2O)nn1)C1CCCC1. The summed E-state index contributed by atoms with van der Waals surface area (Å²) < 4.78 is 1.83. The summed E-state index contributed by atoms with van der Waals surface area (Å²) in [7, 11) is 2.02. The number of hydrogen-bond acceptors (Lipinski definition) is 6. The molecule has 0 atom stereocenters. The van der Waals surface area contributed by atoms with Crippen LogP contribution in [0.4, 0.5) is 5.95 Å². The molecule has 0 amide bonds. The first-order chi connectivity index (χ1) is 12.2. The van der Waals surface area contributed by atoms with Gasteiger partial charge in [-0.05, 0) is 25.0 Å². The van der Waals surface area contributed by atoms with Crippen LogP contribution in [0.25, 0.3) is 16.9 Å². The lowest BCUT2D eigenvalue weighted by Gasteiger charge is -2.23. The molecule has 1 aliphatic rings. The van der Waals surface area contributed by atoms with Crippen LogP contribution in [0.3, 0.4) is 0 Å². The first kappa shape index (κ1) is 15.6. The molecule has 0 aliphatic heterocycles. The maximum Gasteiger partial charge on any atom is 0.245 e. The van der Waals surface area contributed by atoms with Crippen molar-refractivity contribution < 1.29 is 5.11 Å². The van der Waals surface area contributed by atoms with Gasteiger partial charge in [-0.3, -0.25) is 0 Å². The number of benzene rings is 1. The predicted octanol–water partition coefficient (Wildman–Crippen LogP) is 2.81. The van der Waals surface area contributed by atoms with E-state index in [0.29, 0.717) is 23.2 Å². The fraction of sp³-hybridized carbons (Fsp3) is 0.333. The van der Waals surface area contributed by atoms with Gasteiger partial charge in [-0.15, -0.1) is 10.2 Å². The zero-order valence-electron chi connectivity index (χ0n) is 14.1. The monoisotopic (exact) mass is 336 g/mol. The zero-order valence-corrected chi connectivity index (χ0v) is 14.1. The van der Waals surface area contributed by atoms with Gasteiger partial charge in [-0.2, -0.15) is 0 Å². The Balaban J connectivity index is 1.57. The molecule has 2 heterocycles. The van der Waals surface area contributed by atoms with Crippen molar-refractivity contribution in [1.29, 1.82) is 0 Å². The lowest BCUT2D eigenvalue weighted by Crippen LogP contribution is -2.30. The molecule has 1 N–H and O–H groups in total. The van der Waals surface area contributed by atoms with E-state index >= 15 is 0 Å². The molecule has 0 bridgehead atoms. The van der Waals surface area contributed by atoms with Crippen molar-refractivity contribution in [2.24, 2.45) is 0 Å². The molecular weight excluding hydrogens is 316 g/mol. The first-order valence-corrected chi connectivity index (χ1v) is 8.46. The minimum Gasteiger partial charge on any atom is -0.507 e. The van der Waals surface area contributed by atoms with E-state index < -0.39 is 0 Å². The predicted molar refractivity (Wildman–Crippen MR) is 94.7 cm³/mol. The maximum atomic E-state index is 10.4. The van der Waals surface area contributed by atoms with E-state index in [1.54, 1.807) is 24.8 Å². The third kappa shape index (κ3) is 3.05. The van der Waals surface area contributed by atoms with Gasteiger partial charge >= 0.3 is 0 Å². The van der Waals surface area contributed by atoms with Crippen molar-refractivity contribution in [1.82, 2.24) is 24.7 Å². The number of hydrogen-bond donors (Lipinski definition) is 1. The van der Waals surface area contributed by atoms with Crippen molar-refractivity contribution >= 4 is 5.95 Å². The van der Waals surface area contributed by atoms with Crippen LogP contribution < -0.4 is 4.90 Å². The summed E-state index contributed by atoms with van der Waals surface area (Å²) in [6.07, 6.45) is 11.7. The van der Waals surface area contributed by atoms with Gasteiger partial charge < -0.3 is 14.6 Å². The zero-order chi connectivity index (χ0) is 17.2. The third-order valence-electron chi connectivity index (χ3n) is 4.80. The van der Waals surface area contributed by atoms with Gasteiger partial charge in [0.15, 0.2) is 0 Å². The summed E-state index contributed by atoms with van der Waals surface area (Å²) in [5.41, 5.74) is 1.99. The minimum atomic E-state index is 0.138. The number of nitrogens with zero attached hydrogens (tertiary/aromatic N) is 6. The summed E-state index contributed by atoms with van der Waals surface area (Å²) >= 11 is 0. The Morgan fingerprint density at radius 3 is 2.68 bits per heavy atom. The summed E-state index contributed by atoms with van der Waals surface area (Å²) in [6, 6.07) is 5.89. The van der Waals surface area contributed by atoms with E-state index in [4.69, 9.17) is 0 Å². The average Bonchev–Trinajstić information content (AvgIpc) is 3.35. The van der Waals surface area contributed by atoms with Crippen molar-refractivity contribution in [3.05, 3.63) is 43.1 Å². The highest BCUT2D eigenvalue weighted by Crippen LogP contribution is 2.30. The van der Waals surface area contributed by atoms with Crippen LogP contribution in [-0.4, -0.2) is 42.9 Å². The highest BCUT2D eigenvalue weighted by atomic mass is 16.3. The standard InChI is InChI=1S/C18H20N6O/c1-23(13-4-2-3-5-13)18-20-11-16(21-22-18)15-7-6-14(10-17(15)25)24-9-8-19-12-24/h6-13,25H,2-5H2,1H3. The van der Waals surface area contributed by atoms with Gasteiger partial charge in [0.25, 0.3) is 0 Å². The smallest absolute Gasteiger partial charge is 0.245 e. The van der Waals surface area contributed by atoms with Gasteiger partial charge in [0.2, 0.25) is 5.95 Å². The van der Waals surface area contributed by atoms with E-state index in [1.165, 1.54) is 25.7 Å². The Morgan fingerprint density at radius 2 is 2.04 bits per heavy atom. The summed E-state index contributed by atoms with van der Waals surface area (Å²) in [5.74, 6) is 0.768. The Bertz CT molecular complexity index is 841. The molecule has 2 aromatic heterocycles. The number of phenolic OH excluding ortho intramolecular Hbond substituents is 1. The van der Waals surface area contributed by atoms with E-state index in [9.17, 15) is 5.11 Å². The van der Waals surface area contributed by atoms with Crippen LogP contribution in [-0.2, 0) is 0 Å². The van der Waals surface area contributed by atoms with E-state index in [2.05, 4.69) is 25.1 Å². The van der Waals surface area contributed by atoms with Crippen molar-refractivity contribution in [2.75, 3.05) is 11.9 Å². The number of rotatable bonds is 4. The molecule has 128 valence electrons. The quantitative estimate of drug-likeness (QED) is 0.789. The summed E-state index contributed by atoms with van der Waals surface area (Å²) in [5, 5.41) is 18.9. The lowest BCUT2D eigenvalue weighted by molar-refractivity contribution is 0.476. The molecule has 0 unspecified atom stereocenters. The van der Waals surface area contributed by atoms with Gasteiger partial charge in [0.1, 0.15) is 11.4 Å². The van der Waals surface area contributed by atoms with Crippen LogP contribution in [0.15, 0.2) is 43.1 Å². The molecule has 1 aromatic carbocycles. The van der Waals surface area contributed by atoms with Gasteiger partial charge in [0, 0.05) is 37.1 Å². The van der Waals surface area contributed by atoms with Gasteiger partial charge in [-0.1, -0.05) is 12.8 Å².